The maximum absolute atomic E-state index is 13.6. The summed E-state index contributed by atoms with van der Waals surface area (Å²) in [6.45, 7) is 1.65. The van der Waals surface area contributed by atoms with Crippen LogP contribution < -0.4 is 16.0 Å². The molecule has 0 unspecified atom stereocenters. The molecule has 1 aromatic heterocycles. The Morgan fingerprint density at radius 3 is 2.69 bits per heavy atom. The van der Waals surface area contributed by atoms with Gasteiger partial charge in [0.15, 0.2) is 0 Å². The van der Waals surface area contributed by atoms with Crippen molar-refractivity contribution in [1.29, 1.82) is 0 Å². The topological polar surface area (TPSA) is 64.1 Å². The highest BCUT2D eigenvalue weighted by molar-refractivity contribution is 5.86. The summed E-state index contributed by atoms with van der Waals surface area (Å²) in [5.41, 5.74) is -1.30. The quantitative estimate of drug-likeness (QED) is 0.777. The van der Waals surface area contributed by atoms with Crippen molar-refractivity contribution in [2.75, 3.05) is 7.11 Å². The Morgan fingerprint density at radius 1 is 1.38 bits per heavy atom. The Hall–Kier alpha value is -2.11. The lowest BCUT2D eigenvalue weighted by Crippen LogP contribution is -2.27. The van der Waals surface area contributed by atoms with E-state index in [4.69, 9.17) is 4.74 Å². The second-order valence-corrected chi connectivity index (χ2v) is 3.35. The summed E-state index contributed by atoms with van der Waals surface area (Å²) in [4.78, 5) is 24.4. The van der Waals surface area contributed by atoms with E-state index in [-0.39, 0.29) is 21.4 Å². The number of aryl methyl sites for hydroxylation is 1. The van der Waals surface area contributed by atoms with Crippen molar-refractivity contribution in [2.45, 2.75) is 6.92 Å². The number of aromatic amines is 1. The second kappa shape index (κ2) is 3.48. The number of nitrogens with zero attached hydrogens (tertiary/aromatic N) is 1. The first-order valence-electron chi connectivity index (χ1n) is 4.55. The van der Waals surface area contributed by atoms with E-state index in [2.05, 4.69) is 0 Å². The molecule has 0 radical (unpaired) electrons. The van der Waals surface area contributed by atoms with Crippen LogP contribution in [0.15, 0.2) is 21.7 Å². The van der Waals surface area contributed by atoms with Gasteiger partial charge in [0.25, 0.3) is 5.56 Å². The Bertz CT molecular complexity index is 672. The van der Waals surface area contributed by atoms with Crippen LogP contribution in [-0.4, -0.2) is 16.9 Å². The fourth-order valence-electron chi connectivity index (χ4n) is 1.63. The predicted octanol–water partition coefficient (Wildman–Crippen LogP) is 0.739. The van der Waals surface area contributed by atoms with Gasteiger partial charge < -0.3 is 4.74 Å². The number of H-pyrrole nitrogens is 1. The summed E-state index contributed by atoms with van der Waals surface area (Å²) in [6.07, 6.45) is 0. The van der Waals surface area contributed by atoms with Gasteiger partial charge in [0.05, 0.1) is 12.5 Å². The molecule has 84 valence electrons. The molecule has 0 saturated carbocycles. The molecule has 0 saturated heterocycles. The monoisotopic (exact) mass is 224 g/mol. The van der Waals surface area contributed by atoms with Crippen LogP contribution in [0.1, 0.15) is 5.56 Å². The molecule has 0 aliphatic carbocycles. The van der Waals surface area contributed by atoms with Gasteiger partial charge in [-0.3, -0.25) is 9.78 Å². The molecule has 1 N–H and O–H groups in total. The number of halogens is 1. The standard InChI is InChI=1S/C10H9FN2O3/c1-5-3-4-6(16-2)8-7(5)9(14)12-10(15)13(8)11/h3-4H,1-2H3,(H,12,14,15). The van der Waals surface area contributed by atoms with Crippen LogP contribution in [0, 0.1) is 6.92 Å². The van der Waals surface area contributed by atoms with Gasteiger partial charge in [-0.1, -0.05) is 10.5 Å². The Balaban J connectivity index is 3.16. The van der Waals surface area contributed by atoms with Gasteiger partial charge in [0, 0.05) is 0 Å². The fraction of sp³-hybridized carbons (Fsp3) is 0.200. The molecule has 1 heterocycles. The number of fused-ring (bicyclic) bond motifs is 1. The zero-order chi connectivity index (χ0) is 11.9. The van der Waals surface area contributed by atoms with E-state index in [9.17, 15) is 14.1 Å². The Morgan fingerprint density at radius 2 is 2.06 bits per heavy atom. The minimum Gasteiger partial charge on any atom is -0.494 e. The number of ether oxygens (including phenoxy) is 1. The van der Waals surface area contributed by atoms with E-state index in [0.29, 0.717) is 5.56 Å². The van der Waals surface area contributed by atoms with Crippen molar-refractivity contribution < 1.29 is 9.22 Å². The zero-order valence-corrected chi connectivity index (χ0v) is 8.70. The van der Waals surface area contributed by atoms with E-state index in [1.165, 1.54) is 13.2 Å². The zero-order valence-electron chi connectivity index (χ0n) is 8.70. The molecule has 16 heavy (non-hydrogen) atoms. The van der Waals surface area contributed by atoms with Crippen molar-refractivity contribution in [3.63, 3.8) is 0 Å². The van der Waals surface area contributed by atoms with Crippen molar-refractivity contribution >= 4 is 10.9 Å². The molecule has 0 atom stereocenters. The summed E-state index contributed by atoms with van der Waals surface area (Å²) in [6, 6.07) is 3.13. The molecule has 0 fully saturated rings. The van der Waals surface area contributed by atoms with E-state index in [1.54, 1.807) is 13.0 Å². The summed E-state index contributed by atoms with van der Waals surface area (Å²) in [5, 5.41) is 0.112. The summed E-state index contributed by atoms with van der Waals surface area (Å²) < 4.78 is 18.5. The normalized spacial score (nSPS) is 10.7. The molecular weight excluding hydrogens is 215 g/mol. The second-order valence-electron chi connectivity index (χ2n) is 3.35. The van der Waals surface area contributed by atoms with E-state index >= 15 is 0 Å². The molecule has 0 spiro atoms. The molecule has 5 nitrogen and oxygen atoms in total. The minimum absolute atomic E-state index is 0.112. The number of aromatic nitrogens is 2. The van der Waals surface area contributed by atoms with E-state index < -0.39 is 11.2 Å². The predicted molar refractivity (Wildman–Crippen MR) is 56.6 cm³/mol. The largest absolute Gasteiger partial charge is 0.494 e. The third-order valence-corrected chi connectivity index (χ3v) is 2.39. The highest BCUT2D eigenvalue weighted by Gasteiger charge is 2.13. The van der Waals surface area contributed by atoms with Crippen LogP contribution >= 0.6 is 0 Å². The van der Waals surface area contributed by atoms with Gasteiger partial charge in [-0.05, 0) is 18.6 Å². The van der Waals surface area contributed by atoms with Crippen molar-refractivity contribution in [3.8, 4) is 5.75 Å². The molecule has 2 rings (SSSR count). The molecule has 0 bridgehead atoms. The van der Waals surface area contributed by atoms with Gasteiger partial charge in [-0.15, -0.1) is 4.79 Å². The van der Waals surface area contributed by atoms with Gasteiger partial charge in [0.1, 0.15) is 11.3 Å². The third-order valence-electron chi connectivity index (χ3n) is 2.39. The van der Waals surface area contributed by atoms with E-state index in [1.807, 2.05) is 4.98 Å². The summed E-state index contributed by atoms with van der Waals surface area (Å²) >= 11 is 0. The SMILES string of the molecule is COc1ccc(C)c2c(=O)[nH]c(=O)n(F)c12. The molecule has 0 aliphatic heterocycles. The number of hydrogen-bond donors (Lipinski definition) is 1. The number of nitrogens with one attached hydrogen (secondary N) is 1. The summed E-state index contributed by atoms with van der Waals surface area (Å²) in [7, 11) is 1.34. The number of methoxy groups -OCH3 is 1. The van der Waals surface area contributed by atoms with Gasteiger partial charge >= 0.3 is 5.69 Å². The Kier molecular flexibility index (Phi) is 2.26. The van der Waals surface area contributed by atoms with Crippen LogP contribution in [0.5, 0.6) is 5.75 Å². The van der Waals surface area contributed by atoms with Crippen LogP contribution in [0.25, 0.3) is 10.9 Å². The average molecular weight is 224 g/mol. The number of rotatable bonds is 1. The molecule has 2 aromatic rings. The molecule has 0 amide bonds. The molecule has 0 aliphatic rings. The van der Waals surface area contributed by atoms with Crippen molar-refractivity contribution in [2.24, 2.45) is 0 Å². The van der Waals surface area contributed by atoms with Crippen LogP contribution in [0.4, 0.5) is 4.48 Å². The number of benzene rings is 1. The number of hydrogen-bond acceptors (Lipinski definition) is 3. The van der Waals surface area contributed by atoms with Crippen LogP contribution in [-0.2, 0) is 0 Å². The van der Waals surface area contributed by atoms with Crippen molar-refractivity contribution in [1.82, 2.24) is 9.77 Å². The van der Waals surface area contributed by atoms with Crippen molar-refractivity contribution in [3.05, 3.63) is 38.5 Å². The van der Waals surface area contributed by atoms with Gasteiger partial charge in [0.2, 0.25) is 0 Å². The van der Waals surface area contributed by atoms with Crippen LogP contribution in [0.3, 0.4) is 0 Å². The lowest BCUT2D eigenvalue weighted by molar-refractivity contribution is 0.350. The average Bonchev–Trinajstić information content (AvgIpc) is 2.25. The maximum atomic E-state index is 13.6. The smallest absolute Gasteiger partial charge is 0.357 e. The minimum atomic E-state index is -1.11. The lowest BCUT2D eigenvalue weighted by atomic mass is 10.1. The first-order chi connectivity index (χ1) is 7.56. The Labute approximate surface area is 89.0 Å². The highest BCUT2D eigenvalue weighted by atomic mass is 19.2. The first kappa shape index (κ1) is 10.4. The first-order valence-corrected chi connectivity index (χ1v) is 4.55. The molecule has 6 heteroatoms. The fourth-order valence-corrected chi connectivity index (χ4v) is 1.63. The van der Waals surface area contributed by atoms with Gasteiger partial charge in [-0.25, -0.2) is 4.79 Å². The third kappa shape index (κ3) is 1.30. The molecular formula is C10H9FN2O3. The summed E-state index contributed by atoms with van der Waals surface area (Å²) in [5.74, 6) is 0.145. The lowest BCUT2D eigenvalue weighted by Gasteiger charge is -2.07. The highest BCUT2D eigenvalue weighted by Crippen LogP contribution is 2.24. The maximum Gasteiger partial charge on any atom is 0.357 e. The van der Waals surface area contributed by atoms with Crippen LogP contribution in [0.2, 0.25) is 0 Å². The van der Waals surface area contributed by atoms with E-state index in [0.717, 1.165) is 0 Å². The molecule has 1 aromatic carbocycles. The van der Waals surface area contributed by atoms with Gasteiger partial charge in [-0.2, -0.15) is 0 Å².